The lowest BCUT2D eigenvalue weighted by molar-refractivity contribution is -0.120. The Morgan fingerprint density at radius 1 is 1.17 bits per heavy atom. The fourth-order valence-electron chi connectivity index (χ4n) is 4.76. The van der Waals surface area contributed by atoms with Crippen LogP contribution < -0.4 is 10.1 Å². The Labute approximate surface area is 178 Å². The molecule has 1 heterocycles. The number of nitrogens with one attached hydrogen (secondary N) is 1. The summed E-state index contributed by atoms with van der Waals surface area (Å²) in [6.07, 6.45) is 0.588. The number of hydrogen-bond acceptors (Lipinski definition) is 4. The molecule has 3 atom stereocenters. The van der Waals surface area contributed by atoms with E-state index in [1.165, 1.54) is 31.2 Å². The summed E-state index contributed by atoms with van der Waals surface area (Å²) in [6, 6.07) is 7.23. The molecule has 1 aliphatic heterocycles. The van der Waals surface area contributed by atoms with E-state index in [0.717, 1.165) is 12.1 Å². The van der Waals surface area contributed by atoms with Gasteiger partial charge >= 0.3 is 0 Å². The van der Waals surface area contributed by atoms with Gasteiger partial charge in [-0.2, -0.15) is 0 Å². The summed E-state index contributed by atoms with van der Waals surface area (Å²) in [5.41, 5.74) is -0.269. The van der Waals surface area contributed by atoms with E-state index in [1.807, 2.05) is 0 Å². The van der Waals surface area contributed by atoms with Crippen molar-refractivity contribution in [2.24, 2.45) is 5.92 Å². The van der Waals surface area contributed by atoms with Gasteiger partial charge in [-0.25, -0.2) is 17.2 Å². The monoisotopic (exact) mass is 455 g/mol. The summed E-state index contributed by atoms with van der Waals surface area (Å²) in [5.74, 6) is -2.90. The SMILES string of the molecule is CC(=O)N[C@@H]1CC[C@@]2(S(=O)(=O)c3ccc(Cl)cc3)c3c(F)ccc(F)c3OC[C@H]2C1. The van der Waals surface area contributed by atoms with Crippen molar-refractivity contribution in [2.45, 2.75) is 41.9 Å². The standard InChI is InChI=1S/C21H20ClF2NO4S/c1-12(26)25-15-8-9-21(30(27,28)16-4-2-14(22)3-5-16)13(10-15)11-29-20-18(24)7-6-17(23)19(20)21/h2-7,13,15H,8-11H2,1H3,(H,25,26)/t13-,15-,21+/m1/s1. The van der Waals surface area contributed by atoms with Crippen LogP contribution in [0.15, 0.2) is 41.3 Å². The summed E-state index contributed by atoms with van der Waals surface area (Å²) in [4.78, 5) is 11.5. The molecule has 0 bridgehead atoms. The van der Waals surface area contributed by atoms with E-state index in [2.05, 4.69) is 5.32 Å². The summed E-state index contributed by atoms with van der Waals surface area (Å²) in [6.45, 7) is 1.28. The van der Waals surface area contributed by atoms with Crippen LogP contribution in [0.4, 0.5) is 8.78 Å². The van der Waals surface area contributed by atoms with Crippen LogP contribution in [0.2, 0.25) is 5.02 Å². The van der Waals surface area contributed by atoms with E-state index >= 15 is 4.39 Å². The smallest absolute Gasteiger partial charge is 0.217 e. The fourth-order valence-corrected chi connectivity index (χ4v) is 7.25. The number of fused-ring (bicyclic) bond motifs is 3. The Morgan fingerprint density at radius 3 is 2.50 bits per heavy atom. The van der Waals surface area contributed by atoms with Gasteiger partial charge in [0.2, 0.25) is 5.91 Å². The average molecular weight is 456 g/mol. The highest BCUT2D eigenvalue weighted by Crippen LogP contribution is 2.56. The topological polar surface area (TPSA) is 72.5 Å². The highest BCUT2D eigenvalue weighted by atomic mass is 35.5. The molecular weight excluding hydrogens is 436 g/mol. The quantitative estimate of drug-likeness (QED) is 0.759. The van der Waals surface area contributed by atoms with E-state index in [0.29, 0.717) is 11.4 Å². The third kappa shape index (κ3) is 3.17. The first-order valence-corrected chi connectivity index (χ1v) is 11.4. The summed E-state index contributed by atoms with van der Waals surface area (Å²) >= 11 is 5.91. The molecule has 2 aromatic carbocycles. The third-order valence-electron chi connectivity index (χ3n) is 6.01. The van der Waals surface area contributed by atoms with Crippen LogP contribution in [0, 0.1) is 17.6 Å². The van der Waals surface area contributed by atoms with Crippen molar-refractivity contribution in [1.29, 1.82) is 0 Å². The molecule has 4 rings (SSSR count). The van der Waals surface area contributed by atoms with E-state index < -0.39 is 32.1 Å². The number of rotatable bonds is 3. The molecule has 5 nitrogen and oxygen atoms in total. The minimum Gasteiger partial charge on any atom is -0.490 e. The molecule has 0 unspecified atom stereocenters. The second-order valence-corrected chi connectivity index (χ2v) is 10.4. The van der Waals surface area contributed by atoms with Crippen LogP contribution in [0.3, 0.4) is 0 Å². The number of amides is 1. The second-order valence-electron chi connectivity index (χ2n) is 7.76. The molecular formula is C21H20ClF2NO4S. The van der Waals surface area contributed by atoms with Crippen LogP contribution in [-0.2, 0) is 19.4 Å². The Hall–Kier alpha value is -2.19. The van der Waals surface area contributed by atoms with Gasteiger partial charge < -0.3 is 10.1 Å². The zero-order chi connectivity index (χ0) is 21.7. The van der Waals surface area contributed by atoms with Gasteiger partial charge in [0.1, 0.15) is 10.6 Å². The van der Waals surface area contributed by atoms with Gasteiger partial charge in [0.15, 0.2) is 21.4 Å². The van der Waals surface area contributed by atoms with Crippen molar-refractivity contribution in [1.82, 2.24) is 5.32 Å². The first-order chi connectivity index (χ1) is 14.2. The van der Waals surface area contributed by atoms with E-state index in [9.17, 15) is 17.6 Å². The van der Waals surface area contributed by atoms with Crippen molar-refractivity contribution < 1.29 is 26.7 Å². The molecule has 0 radical (unpaired) electrons. The van der Waals surface area contributed by atoms with Crippen LogP contribution in [0.25, 0.3) is 0 Å². The zero-order valence-electron chi connectivity index (χ0n) is 16.1. The molecule has 9 heteroatoms. The predicted octanol–water partition coefficient (Wildman–Crippen LogP) is 3.98. The van der Waals surface area contributed by atoms with Crippen molar-refractivity contribution >= 4 is 27.3 Å². The van der Waals surface area contributed by atoms with Gasteiger partial charge in [0, 0.05) is 23.9 Å². The number of benzene rings is 2. The summed E-state index contributed by atoms with van der Waals surface area (Å²) in [7, 11) is -4.16. The minimum absolute atomic E-state index is 0.0182. The van der Waals surface area contributed by atoms with Crippen LogP contribution in [0.1, 0.15) is 31.7 Å². The fraction of sp³-hybridized carbons (Fsp3) is 0.381. The molecule has 30 heavy (non-hydrogen) atoms. The third-order valence-corrected chi connectivity index (χ3v) is 8.86. The molecule has 1 aliphatic carbocycles. The molecule has 1 amide bonds. The maximum Gasteiger partial charge on any atom is 0.217 e. The van der Waals surface area contributed by atoms with Crippen LogP contribution >= 0.6 is 11.6 Å². The van der Waals surface area contributed by atoms with Gasteiger partial charge in [0.25, 0.3) is 0 Å². The minimum atomic E-state index is -4.16. The second kappa shape index (κ2) is 7.50. The normalized spacial score (nSPS) is 25.6. The maximum atomic E-state index is 15.1. The van der Waals surface area contributed by atoms with Crippen molar-refractivity contribution in [2.75, 3.05) is 6.61 Å². The molecule has 1 N–H and O–H groups in total. The lowest BCUT2D eigenvalue weighted by Crippen LogP contribution is -2.55. The Morgan fingerprint density at radius 2 is 1.83 bits per heavy atom. The van der Waals surface area contributed by atoms with E-state index in [-0.39, 0.29) is 47.6 Å². The van der Waals surface area contributed by atoms with Crippen molar-refractivity contribution in [3.63, 3.8) is 0 Å². The molecule has 0 saturated heterocycles. The van der Waals surface area contributed by atoms with Gasteiger partial charge in [-0.15, -0.1) is 0 Å². The number of hydrogen-bond donors (Lipinski definition) is 1. The number of carbonyl (C=O) groups is 1. The van der Waals surface area contributed by atoms with Crippen molar-refractivity contribution in [3.8, 4) is 5.75 Å². The largest absolute Gasteiger partial charge is 0.490 e. The molecule has 0 aromatic heterocycles. The van der Waals surface area contributed by atoms with Gasteiger partial charge in [-0.05, 0) is 55.7 Å². The summed E-state index contributed by atoms with van der Waals surface area (Å²) < 4.78 is 61.3. The summed E-state index contributed by atoms with van der Waals surface area (Å²) in [5, 5.41) is 3.17. The molecule has 2 aliphatic rings. The number of sulfone groups is 1. The Balaban J connectivity index is 1.93. The average Bonchev–Trinajstić information content (AvgIpc) is 2.70. The molecule has 2 aromatic rings. The number of halogens is 3. The lowest BCUT2D eigenvalue weighted by Gasteiger charge is -2.49. The number of ether oxygens (including phenoxy) is 1. The maximum absolute atomic E-state index is 15.1. The van der Waals surface area contributed by atoms with Gasteiger partial charge in [-0.1, -0.05) is 11.6 Å². The van der Waals surface area contributed by atoms with Gasteiger partial charge in [0.05, 0.1) is 17.1 Å². The lowest BCUT2D eigenvalue weighted by atomic mass is 9.71. The predicted molar refractivity (Wildman–Crippen MR) is 107 cm³/mol. The highest BCUT2D eigenvalue weighted by molar-refractivity contribution is 7.92. The van der Waals surface area contributed by atoms with E-state index in [1.54, 1.807) is 0 Å². The van der Waals surface area contributed by atoms with Crippen LogP contribution in [0.5, 0.6) is 5.75 Å². The van der Waals surface area contributed by atoms with Crippen LogP contribution in [-0.4, -0.2) is 27.0 Å². The molecule has 1 saturated carbocycles. The molecule has 0 spiro atoms. The molecule has 160 valence electrons. The first-order valence-electron chi connectivity index (χ1n) is 9.55. The van der Waals surface area contributed by atoms with E-state index in [4.69, 9.17) is 16.3 Å². The zero-order valence-corrected chi connectivity index (χ0v) is 17.7. The highest BCUT2D eigenvalue weighted by Gasteiger charge is 2.59. The Kier molecular flexibility index (Phi) is 5.26. The Bertz CT molecular complexity index is 1110. The van der Waals surface area contributed by atoms with Gasteiger partial charge in [-0.3, -0.25) is 4.79 Å². The first kappa shape index (κ1) is 21.1. The molecule has 1 fully saturated rings. The number of carbonyl (C=O) groups excluding carboxylic acids is 1. The van der Waals surface area contributed by atoms with Crippen molar-refractivity contribution in [3.05, 3.63) is 58.6 Å².